The third-order valence-corrected chi connectivity index (χ3v) is 4.26. The van der Waals surface area contributed by atoms with Gasteiger partial charge in [0.15, 0.2) is 0 Å². The van der Waals surface area contributed by atoms with Crippen LogP contribution in [0, 0.1) is 0 Å². The van der Waals surface area contributed by atoms with Crippen molar-refractivity contribution in [3.05, 3.63) is 27.4 Å². The second kappa shape index (κ2) is 4.80. The lowest BCUT2D eigenvalue weighted by Crippen LogP contribution is -2.29. The molecule has 5 nitrogen and oxygen atoms in total. The molecule has 2 aromatic rings. The van der Waals surface area contributed by atoms with Crippen LogP contribution in [0.5, 0.6) is 0 Å². The molecule has 0 saturated heterocycles. The second-order valence-corrected chi connectivity index (χ2v) is 5.54. The molecule has 0 spiro atoms. The van der Waals surface area contributed by atoms with Gasteiger partial charge in [0.25, 0.3) is 5.91 Å². The van der Waals surface area contributed by atoms with E-state index in [0.717, 1.165) is 16.2 Å². The molecular formula is C10H12N4OS2. The molecule has 2 rings (SSSR count). The number of aromatic nitrogens is 2. The summed E-state index contributed by atoms with van der Waals surface area (Å²) in [6.07, 6.45) is 0. The SMILES string of the molecule is CC(c1cccs1)N(C)C(=O)c1nnc(N)s1. The summed E-state index contributed by atoms with van der Waals surface area (Å²) >= 11 is 2.73. The van der Waals surface area contributed by atoms with E-state index < -0.39 is 0 Å². The number of nitrogens with zero attached hydrogens (tertiary/aromatic N) is 3. The predicted octanol–water partition coefficient (Wildman–Crippen LogP) is 2.02. The van der Waals surface area contributed by atoms with Crippen LogP contribution < -0.4 is 5.73 Å². The number of carbonyl (C=O) groups excluding carboxylic acids is 1. The van der Waals surface area contributed by atoms with Crippen LogP contribution in [0.25, 0.3) is 0 Å². The van der Waals surface area contributed by atoms with Crippen molar-refractivity contribution in [3.63, 3.8) is 0 Å². The van der Waals surface area contributed by atoms with E-state index in [2.05, 4.69) is 10.2 Å². The molecule has 1 atom stereocenters. The highest BCUT2D eigenvalue weighted by atomic mass is 32.1. The highest BCUT2D eigenvalue weighted by molar-refractivity contribution is 7.16. The van der Waals surface area contributed by atoms with Crippen LogP contribution in [0.2, 0.25) is 0 Å². The summed E-state index contributed by atoms with van der Waals surface area (Å²) in [7, 11) is 1.75. The first kappa shape index (κ1) is 12.0. The molecule has 0 bridgehead atoms. The first-order valence-electron chi connectivity index (χ1n) is 4.99. The fourth-order valence-electron chi connectivity index (χ4n) is 1.37. The molecule has 17 heavy (non-hydrogen) atoms. The van der Waals surface area contributed by atoms with Crippen molar-refractivity contribution in [1.29, 1.82) is 0 Å². The lowest BCUT2D eigenvalue weighted by atomic mass is 10.2. The van der Waals surface area contributed by atoms with Gasteiger partial charge in [-0.1, -0.05) is 17.4 Å². The van der Waals surface area contributed by atoms with Gasteiger partial charge in [-0.3, -0.25) is 4.79 Å². The van der Waals surface area contributed by atoms with Crippen molar-refractivity contribution >= 4 is 33.7 Å². The van der Waals surface area contributed by atoms with Gasteiger partial charge in [0.05, 0.1) is 6.04 Å². The zero-order valence-corrected chi connectivity index (χ0v) is 11.1. The maximum Gasteiger partial charge on any atom is 0.285 e. The number of nitrogens with two attached hydrogens (primary N) is 1. The summed E-state index contributed by atoms with van der Waals surface area (Å²) in [4.78, 5) is 14.9. The summed E-state index contributed by atoms with van der Waals surface area (Å²) in [6, 6.07) is 4.00. The summed E-state index contributed by atoms with van der Waals surface area (Å²) in [5, 5.41) is 10.0. The number of nitrogen functional groups attached to an aromatic ring is 1. The molecule has 2 heterocycles. The Balaban J connectivity index is 2.15. The van der Waals surface area contributed by atoms with Gasteiger partial charge in [0.2, 0.25) is 10.1 Å². The molecule has 2 aromatic heterocycles. The van der Waals surface area contributed by atoms with Crippen LogP contribution in [-0.4, -0.2) is 28.1 Å². The monoisotopic (exact) mass is 268 g/mol. The molecule has 0 radical (unpaired) electrons. The van der Waals surface area contributed by atoms with E-state index in [1.807, 2.05) is 24.4 Å². The lowest BCUT2D eigenvalue weighted by molar-refractivity contribution is 0.0743. The molecule has 1 unspecified atom stereocenters. The number of hydrogen-bond donors (Lipinski definition) is 1. The smallest absolute Gasteiger partial charge is 0.285 e. The molecule has 90 valence electrons. The Morgan fingerprint density at radius 3 is 2.82 bits per heavy atom. The maximum absolute atomic E-state index is 12.1. The molecule has 0 aliphatic carbocycles. The van der Waals surface area contributed by atoms with Gasteiger partial charge in [0, 0.05) is 11.9 Å². The van der Waals surface area contributed by atoms with E-state index in [0.29, 0.717) is 10.1 Å². The van der Waals surface area contributed by atoms with Crippen molar-refractivity contribution in [2.75, 3.05) is 12.8 Å². The van der Waals surface area contributed by atoms with Gasteiger partial charge in [-0.25, -0.2) is 0 Å². The topological polar surface area (TPSA) is 72.1 Å². The van der Waals surface area contributed by atoms with Crippen LogP contribution >= 0.6 is 22.7 Å². The van der Waals surface area contributed by atoms with Crippen LogP contribution in [0.4, 0.5) is 5.13 Å². The molecule has 0 fully saturated rings. The van der Waals surface area contributed by atoms with Crippen molar-refractivity contribution < 1.29 is 4.79 Å². The quantitative estimate of drug-likeness (QED) is 0.924. The van der Waals surface area contributed by atoms with Gasteiger partial charge in [-0.05, 0) is 18.4 Å². The first-order chi connectivity index (χ1) is 8.09. The highest BCUT2D eigenvalue weighted by Crippen LogP contribution is 2.25. The average Bonchev–Trinajstić information content (AvgIpc) is 2.96. The lowest BCUT2D eigenvalue weighted by Gasteiger charge is -2.22. The maximum atomic E-state index is 12.1. The summed E-state index contributed by atoms with van der Waals surface area (Å²) in [5.74, 6) is -0.153. The van der Waals surface area contributed by atoms with Crippen molar-refractivity contribution in [2.24, 2.45) is 0 Å². The fourth-order valence-corrected chi connectivity index (χ4v) is 2.79. The van der Waals surface area contributed by atoms with Crippen LogP contribution in [0.3, 0.4) is 0 Å². The van der Waals surface area contributed by atoms with Gasteiger partial charge in [0.1, 0.15) is 0 Å². The third-order valence-electron chi connectivity index (χ3n) is 2.48. The molecule has 7 heteroatoms. The Kier molecular flexibility index (Phi) is 3.39. The summed E-state index contributed by atoms with van der Waals surface area (Å²) in [5.41, 5.74) is 5.46. The normalized spacial score (nSPS) is 12.4. The fraction of sp³-hybridized carbons (Fsp3) is 0.300. The molecular weight excluding hydrogens is 256 g/mol. The van der Waals surface area contributed by atoms with E-state index in [-0.39, 0.29) is 11.9 Å². The zero-order valence-electron chi connectivity index (χ0n) is 9.45. The van der Waals surface area contributed by atoms with Crippen molar-refractivity contribution in [1.82, 2.24) is 15.1 Å². The highest BCUT2D eigenvalue weighted by Gasteiger charge is 2.22. The predicted molar refractivity (Wildman–Crippen MR) is 69.1 cm³/mol. The van der Waals surface area contributed by atoms with Crippen molar-refractivity contribution in [3.8, 4) is 0 Å². The Labute approximate surface area is 107 Å². The summed E-state index contributed by atoms with van der Waals surface area (Å²) < 4.78 is 0. The summed E-state index contributed by atoms with van der Waals surface area (Å²) in [6.45, 7) is 1.98. The Morgan fingerprint density at radius 1 is 1.53 bits per heavy atom. The molecule has 2 N–H and O–H groups in total. The number of hydrogen-bond acceptors (Lipinski definition) is 6. The average molecular weight is 268 g/mol. The number of thiophene rings is 1. The van der Waals surface area contributed by atoms with Gasteiger partial charge < -0.3 is 10.6 Å². The minimum absolute atomic E-state index is 0.0209. The molecule has 0 saturated carbocycles. The van der Waals surface area contributed by atoms with Gasteiger partial charge in [-0.2, -0.15) is 0 Å². The van der Waals surface area contributed by atoms with E-state index in [1.54, 1.807) is 23.3 Å². The molecule has 0 aliphatic heterocycles. The van der Waals surface area contributed by atoms with E-state index in [4.69, 9.17) is 5.73 Å². The van der Waals surface area contributed by atoms with Crippen LogP contribution in [0.15, 0.2) is 17.5 Å². The Hall–Kier alpha value is -1.47. The minimum Gasteiger partial charge on any atom is -0.374 e. The molecule has 1 amide bonds. The molecule has 0 aliphatic rings. The number of amides is 1. The number of rotatable bonds is 3. The zero-order chi connectivity index (χ0) is 12.4. The van der Waals surface area contributed by atoms with E-state index >= 15 is 0 Å². The standard InChI is InChI=1S/C10H12N4OS2/c1-6(7-4-3-5-16-7)14(2)9(15)8-12-13-10(11)17-8/h3-6H,1-2H3,(H2,11,13). The first-order valence-corrected chi connectivity index (χ1v) is 6.68. The van der Waals surface area contributed by atoms with E-state index in [1.165, 1.54) is 0 Å². The van der Waals surface area contributed by atoms with Gasteiger partial charge >= 0.3 is 0 Å². The van der Waals surface area contributed by atoms with Crippen molar-refractivity contribution in [2.45, 2.75) is 13.0 Å². The largest absolute Gasteiger partial charge is 0.374 e. The third kappa shape index (κ3) is 2.45. The van der Waals surface area contributed by atoms with E-state index in [9.17, 15) is 4.79 Å². The van der Waals surface area contributed by atoms with Gasteiger partial charge in [-0.15, -0.1) is 21.5 Å². The van der Waals surface area contributed by atoms with Crippen LogP contribution in [-0.2, 0) is 0 Å². The minimum atomic E-state index is -0.153. The Bertz CT molecular complexity index is 508. The molecule has 0 aromatic carbocycles. The van der Waals surface area contributed by atoms with Crippen LogP contribution in [0.1, 0.15) is 27.6 Å². The Morgan fingerprint density at radius 2 is 2.29 bits per heavy atom. The number of anilines is 1. The second-order valence-electron chi connectivity index (χ2n) is 3.55. The number of carbonyl (C=O) groups is 1.